The minimum atomic E-state index is 0.248. The van der Waals surface area contributed by atoms with Crippen molar-refractivity contribution in [3.63, 3.8) is 0 Å². The highest BCUT2D eigenvalue weighted by Gasteiger charge is 2.06. The Morgan fingerprint density at radius 2 is 1.19 bits per heavy atom. The van der Waals surface area contributed by atoms with Crippen molar-refractivity contribution in [2.24, 2.45) is 0 Å². The number of nitrogens with zero attached hydrogens (tertiary/aromatic N) is 3. The van der Waals surface area contributed by atoms with Gasteiger partial charge in [0.25, 0.3) is 0 Å². The van der Waals surface area contributed by atoms with Crippen molar-refractivity contribution >= 4 is 17.8 Å². The number of nitrogens with one attached hydrogen (secondary N) is 3. The lowest BCUT2D eigenvalue weighted by Crippen LogP contribution is -2.17. The SMILES string of the molecule is CC#CCOCNc1nc(NCOCCCC)nc(NCOCCCC)n1. The van der Waals surface area contributed by atoms with E-state index in [2.05, 4.69) is 56.6 Å². The summed E-state index contributed by atoms with van der Waals surface area (Å²) in [4.78, 5) is 12.9. The molecule has 3 N–H and O–H groups in total. The zero-order valence-electron chi connectivity index (χ0n) is 16.6. The summed E-state index contributed by atoms with van der Waals surface area (Å²) < 4.78 is 16.3. The van der Waals surface area contributed by atoms with Gasteiger partial charge in [-0.2, -0.15) is 15.0 Å². The molecule has 0 amide bonds. The van der Waals surface area contributed by atoms with E-state index in [9.17, 15) is 0 Å². The summed E-state index contributed by atoms with van der Waals surface area (Å²) in [6.07, 6.45) is 4.22. The third-order valence-corrected chi connectivity index (χ3v) is 3.27. The van der Waals surface area contributed by atoms with E-state index in [1.165, 1.54) is 0 Å². The van der Waals surface area contributed by atoms with Gasteiger partial charge in [0.2, 0.25) is 17.8 Å². The van der Waals surface area contributed by atoms with E-state index in [-0.39, 0.29) is 6.73 Å². The maximum absolute atomic E-state index is 5.49. The van der Waals surface area contributed by atoms with Gasteiger partial charge in [-0.25, -0.2) is 0 Å². The van der Waals surface area contributed by atoms with Crippen molar-refractivity contribution in [2.75, 3.05) is 56.0 Å². The smallest absolute Gasteiger partial charge is 0.231 e. The number of rotatable bonds is 16. The van der Waals surface area contributed by atoms with Crippen LogP contribution in [0.1, 0.15) is 46.5 Å². The van der Waals surface area contributed by atoms with E-state index in [0.717, 1.165) is 25.7 Å². The molecule has 0 saturated heterocycles. The summed E-state index contributed by atoms with van der Waals surface area (Å²) in [5.41, 5.74) is 0. The number of aromatic nitrogens is 3. The van der Waals surface area contributed by atoms with Crippen LogP contribution in [0.15, 0.2) is 0 Å². The van der Waals surface area contributed by atoms with E-state index in [1.54, 1.807) is 6.92 Å². The topological polar surface area (TPSA) is 102 Å². The van der Waals surface area contributed by atoms with Crippen LogP contribution >= 0.6 is 0 Å². The summed E-state index contributed by atoms with van der Waals surface area (Å²) in [5.74, 6) is 6.80. The molecule has 1 aromatic rings. The standard InChI is InChI=1S/C18H32N6O3/c1-4-7-10-25-13-19-16-22-17(20-14-26-11-8-5-2)24-18(23-16)21-15-27-12-9-6-3/h4-5,7-8,10-15H2,1-3H3,(H3,19,20,21,22,23,24). The molecule has 152 valence electrons. The monoisotopic (exact) mass is 380 g/mol. The van der Waals surface area contributed by atoms with Crippen LogP contribution in [-0.4, -0.2) is 55.0 Å². The van der Waals surface area contributed by atoms with Crippen molar-refractivity contribution in [3.05, 3.63) is 0 Å². The number of hydrogen-bond donors (Lipinski definition) is 3. The van der Waals surface area contributed by atoms with Crippen LogP contribution in [0, 0.1) is 11.8 Å². The fraction of sp³-hybridized carbons (Fsp3) is 0.722. The molecule has 1 rings (SSSR count). The second kappa shape index (κ2) is 16.1. The summed E-state index contributed by atoms with van der Waals surface area (Å²) >= 11 is 0. The zero-order chi connectivity index (χ0) is 19.6. The first-order valence-corrected chi connectivity index (χ1v) is 9.40. The summed E-state index contributed by atoms with van der Waals surface area (Å²) in [5, 5.41) is 9.07. The van der Waals surface area contributed by atoms with E-state index in [1.807, 2.05) is 0 Å². The lowest BCUT2D eigenvalue weighted by Gasteiger charge is -2.11. The Hall–Kier alpha value is -2.15. The summed E-state index contributed by atoms with van der Waals surface area (Å²) in [6.45, 7) is 8.66. The third kappa shape index (κ3) is 12.0. The Kier molecular flexibility index (Phi) is 13.6. The molecule has 0 spiro atoms. The third-order valence-electron chi connectivity index (χ3n) is 3.27. The molecule has 0 aliphatic heterocycles. The highest BCUT2D eigenvalue weighted by atomic mass is 16.5. The van der Waals surface area contributed by atoms with Crippen LogP contribution in [0.4, 0.5) is 17.8 Å². The molecular weight excluding hydrogens is 348 g/mol. The molecule has 27 heavy (non-hydrogen) atoms. The fourth-order valence-corrected chi connectivity index (χ4v) is 1.77. The average Bonchev–Trinajstić information content (AvgIpc) is 2.67. The molecule has 9 heteroatoms. The first-order valence-electron chi connectivity index (χ1n) is 9.40. The maximum atomic E-state index is 5.49. The number of hydrogen-bond acceptors (Lipinski definition) is 9. The Bertz CT molecular complexity index is 530. The van der Waals surface area contributed by atoms with E-state index >= 15 is 0 Å². The average molecular weight is 380 g/mol. The van der Waals surface area contributed by atoms with Crippen LogP contribution in [0.5, 0.6) is 0 Å². The van der Waals surface area contributed by atoms with Gasteiger partial charge >= 0.3 is 0 Å². The molecule has 0 aliphatic carbocycles. The van der Waals surface area contributed by atoms with Gasteiger partial charge < -0.3 is 30.2 Å². The number of ether oxygens (including phenoxy) is 3. The quantitative estimate of drug-likeness (QED) is 0.227. The van der Waals surface area contributed by atoms with Crippen LogP contribution in [-0.2, 0) is 14.2 Å². The molecule has 1 aromatic heterocycles. The molecule has 0 atom stereocenters. The minimum absolute atomic E-state index is 0.248. The largest absolute Gasteiger partial charge is 0.361 e. The predicted molar refractivity (Wildman–Crippen MR) is 106 cm³/mol. The van der Waals surface area contributed by atoms with E-state index < -0.39 is 0 Å². The minimum Gasteiger partial charge on any atom is -0.361 e. The van der Waals surface area contributed by atoms with Crippen molar-refractivity contribution < 1.29 is 14.2 Å². The van der Waals surface area contributed by atoms with Crippen molar-refractivity contribution in [1.29, 1.82) is 0 Å². The Morgan fingerprint density at radius 3 is 1.59 bits per heavy atom. The molecule has 0 radical (unpaired) electrons. The molecule has 0 bridgehead atoms. The van der Waals surface area contributed by atoms with Crippen LogP contribution < -0.4 is 16.0 Å². The van der Waals surface area contributed by atoms with Crippen LogP contribution in [0.3, 0.4) is 0 Å². The van der Waals surface area contributed by atoms with Gasteiger partial charge in [-0.15, -0.1) is 5.92 Å². The number of unbranched alkanes of at least 4 members (excludes halogenated alkanes) is 2. The highest BCUT2D eigenvalue weighted by molar-refractivity contribution is 5.41. The predicted octanol–water partition coefficient (Wildman–Crippen LogP) is 2.65. The summed E-state index contributed by atoms with van der Waals surface area (Å²) in [7, 11) is 0. The maximum Gasteiger partial charge on any atom is 0.231 e. The normalized spacial score (nSPS) is 10.2. The Morgan fingerprint density at radius 1 is 0.741 bits per heavy atom. The molecule has 0 aliphatic rings. The van der Waals surface area contributed by atoms with Crippen LogP contribution in [0.2, 0.25) is 0 Å². The second-order valence-electron chi connectivity index (χ2n) is 5.57. The lowest BCUT2D eigenvalue weighted by molar-refractivity contribution is 0.148. The first-order chi connectivity index (χ1) is 13.3. The lowest BCUT2D eigenvalue weighted by atomic mass is 10.4. The molecule has 0 unspecified atom stereocenters. The second-order valence-corrected chi connectivity index (χ2v) is 5.57. The molecule has 0 aromatic carbocycles. The highest BCUT2D eigenvalue weighted by Crippen LogP contribution is 2.09. The van der Waals surface area contributed by atoms with Crippen molar-refractivity contribution in [2.45, 2.75) is 46.5 Å². The van der Waals surface area contributed by atoms with Gasteiger partial charge in [-0.1, -0.05) is 32.6 Å². The zero-order valence-corrected chi connectivity index (χ0v) is 16.6. The van der Waals surface area contributed by atoms with Gasteiger partial charge in [-0.05, 0) is 19.8 Å². The van der Waals surface area contributed by atoms with Crippen molar-refractivity contribution in [1.82, 2.24) is 15.0 Å². The van der Waals surface area contributed by atoms with Gasteiger partial charge in [0.05, 0.1) is 0 Å². The first kappa shape index (κ1) is 22.9. The van der Waals surface area contributed by atoms with Gasteiger partial charge in [0, 0.05) is 13.2 Å². The molecule has 0 fully saturated rings. The van der Waals surface area contributed by atoms with Crippen molar-refractivity contribution in [3.8, 4) is 11.8 Å². The number of anilines is 3. The van der Waals surface area contributed by atoms with Crippen LogP contribution in [0.25, 0.3) is 0 Å². The fourth-order valence-electron chi connectivity index (χ4n) is 1.77. The molecule has 0 saturated carbocycles. The van der Waals surface area contributed by atoms with E-state index in [4.69, 9.17) is 14.2 Å². The Balaban J connectivity index is 2.55. The molecular formula is C18H32N6O3. The van der Waals surface area contributed by atoms with Gasteiger partial charge in [0.15, 0.2) is 0 Å². The van der Waals surface area contributed by atoms with E-state index in [0.29, 0.717) is 51.1 Å². The van der Waals surface area contributed by atoms with Gasteiger partial charge in [-0.3, -0.25) is 0 Å². The molecule has 1 heterocycles. The summed E-state index contributed by atoms with van der Waals surface area (Å²) in [6, 6.07) is 0. The van der Waals surface area contributed by atoms with Gasteiger partial charge in [0.1, 0.15) is 26.8 Å². The molecule has 9 nitrogen and oxygen atoms in total. The Labute approximate surface area is 162 Å².